The van der Waals surface area contributed by atoms with Gasteiger partial charge < -0.3 is 20.6 Å². The first-order chi connectivity index (χ1) is 9.18. The third kappa shape index (κ3) is 3.81. The van der Waals surface area contributed by atoms with Gasteiger partial charge in [0.05, 0.1) is 0 Å². The Bertz CT molecular complexity index is 331. The number of carboxylic acids is 1. The SMILES string of the molecule is O=C(O)C1CCCN1C(=O)NCCN1CCNCC1. The maximum atomic E-state index is 11.9. The van der Waals surface area contributed by atoms with Gasteiger partial charge in [0.2, 0.25) is 0 Å². The van der Waals surface area contributed by atoms with Crippen molar-refractivity contribution in [2.45, 2.75) is 18.9 Å². The number of carboxylic acid groups (broad SMARTS) is 1. The van der Waals surface area contributed by atoms with Crippen molar-refractivity contribution >= 4 is 12.0 Å². The van der Waals surface area contributed by atoms with E-state index >= 15 is 0 Å². The Balaban J connectivity index is 1.70. The zero-order valence-corrected chi connectivity index (χ0v) is 11.1. The molecule has 2 amide bonds. The molecule has 7 heteroatoms. The molecule has 108 valence electrons. The van der Waals surface area contributed by atoms with Gasteiger partial charge in [-0.3, -0.25) is 4.90 Å². The molecule has 0 saturated carbocycles. The number of likely N-dealkylation sites (tertiary alicyclic amines) is 1. The van der Waals surface area contributed by atoms with Crippen molar-refractivity contribution in [1.29, 1.82) is 0 Å². The molecule has 2 aliphatic rings. The van der Waals surface area contributed by atoms with Crippen molar-refractivity contribution in [2.24, 2.45) is 0 Å². The van der Waals surface area contributed by atoms with E-state index in [1.807, 2.05) is 0 Å². The fraction of sp³-hybridized carbons (Fsp3) is 0.833. The Hall–Kier alpha value is -1.34. The normalized spacial score (nSPS) is 24.4. The number of hydrogen-bond acceptors (Lipinski definition) is 4. The van der Waals surface area contributed by atoms with Crippen molar-refractivity contribution in [1.82, 2.24) is 20.4 Å². The molecule has 2 heterocycles. The van der Waals surface area contributed by atoms with E-state index in [1.54, 1.807) is 0 Å². The maximum Gasteiger partial charge on any atom is 0.326 e. The van der Waals surface area contributed by atoms with E-state index in [2.05, 4.69) is 15.5 Å². The van der Waals surface area contributed by atoms with Gasteiger partial charge in [0.1, 0.15) is 6.04 Å². The molecule has 19 heavy (non-hydrogen) atoms. The van der Waals surface area contributed by atoms with Crippen LogP contribution < -0.4 is 10.6 Å². The molecule has 2 aliphatic heterocycles. The number of amides is 2. The maximum absolute atomic E-state index is 11.9. The molecule has 0 aromatic carbocycles. The lowest BCUT2D eigenvalue weighted by molar-refractivity contribution is -0.141. The number of nitrogens with one attached hydrogen (secondary N) is 2. The van der Waals surface area contributed by atoms with Crippen LogP contribution in [-0.2, 0) is 4.79 Å². The van der Waals surface area contributed by atoms with Crippen LogP contribution in [0.1, 0.15) is 12.8 Å². The standard InChI is InChI=1S/C12H22N4O3/c17-11(18)10-2-1-6-16(10)12(19)14-5-9-15-7-3-13-4-8-15/h10,13H,1-9H2,(H,14,19)(H,17,18). The van der Waals surface area contributed by atoms with Crippen LogP contribution in [0.25, 0.3) is 0 Å². The fourth-order valence-corrected chi connectivity index (χ4v) is 2.62. The molecule has 0 aliphatic carbocycles. The minimum Gasteiger partial charge on any atom is -0.480 e. The molecular formula is C12H22N4O3. The van der Waals surface area contributed by atoms with Crippen LogP contribution in [0.2, 0.25) is 0 Å². The van der Waals surface area contributed by atoms with Gasteiger partial charge in [0.25, 0.3) is 0 Å². The summed E-state index contributed by atoms with van der Waals surface area (Å²) in [4.78, 5) is 26.6. The number of hydrogen-bond donors (Lipinski definition) is 3. The monoisotopic (exact) mass is 270 g/mol. The van der Waals surface area contributed by atoms with Gasteiger partial charge in [-0.25, -0.2) is 9.59 Å². The Labute approximate surface area is 112 Å². The van der Waals surface area contributed by atoms with E-state index in [0.29, 0.717) is 19.5 Å². The van der Waals surface area contributed by atoms with Gasteiger partial charge in [-0.15, -0.1) is 0 Å². The van der Waals surface area contributed by atoms with Gasteiger partial charge in [-0.2, -0.15) is 0 Å². The van der Waals surface area contributed by atoms with Gasteiger partial charge in [-0.05, 0) is 12.8 Å². The summed E-state index contributed by atoms with van der Waals surface area (Å²) in [5.41, 5.74) is 0. The molecule has 0 radical (unpaired) electrons. The van der Waals surface area contributed by atoms with Crippen molar-refractivity contribution < 1.29 is 14.7 Å². The first-order valence-corrected chi connectivity index (χ1v) is 6.89. The van der Waals surface area contributed by atoms with Gasteiger partial charge >= 0.3 is 12.0 Å². The second-order valence-electron chi connectivity index (χ2n) is 5.01. The highest BCUT2D eigenvalue weighted by Gasteiger charge is 2.33. The molecule has 0 bridgehead atoms. The summed E-state index contributed by atoms with van der Waals surface area (Å²) >= 11 is 0. The van der Waals surface area contributed by atoms with Crippen LogP contribution in [0.15, 0.2) is 0 Å². The molecule has 2 fully saturated rings. The van der Waals surface area contributed by atoms with Crippen LogP contribution >= 0.6 is 0 Å². The summed E-state index contributed by atoms with van der Waals surface area (Å²) < 4.78 is 0. The summed E-state index contributed by atoms with van der Waals surface area (Å²) in [6, 6.07) is -0.903. The van der Waals surface area contributed by atoms with E-state index < -0.39 is 12.0 Å². The molecule has 1 unspecified atom stereocenters. The highest BCUT2D eigenvalue weighted by Crippen LogP contribution is 2.17. The second kappa shape index (κ2) is 6.72. The van der Waals surface area contributed by atoms with Crippen LogP contribution in [0.5, 0.6) is 0 Å². The molecule has 1 atom stereocenters. The molecular weight excluding hydrogens is 248 g/mol. The quantitative estimate of drug-likeness (QED) is 0.620. The zero-order chi connectivity index (χ0) is 13.7. The van der Waals surface area contributed by atoms with Crippen molar-refractivity contribution in [3.05, 3.63) is 0 Å². The van der Waals surface area contributed by atoms with Crippen LogP contribution in [-0.4, -0.2) is 78.8 Å². The third-order valence-corrected chi connectivity index (χ3v) is 3.71. The van der Waals surface area contributed by atoms with Crippen molar-refractivity contribution in [2.75, 3.05) is 45.8 Å². The number of rotatable bonds is 4. The summed E-state index contributed by atoms with van der Waals surface area (Å²) in [5.74, 6) is -0.908. The molecule has 0 aromatic rings. The fourth-order valence-electron chi connectivity index (χ4n) is 2.62. The minimum atomic E-state index is -0.908. The average molecular weight is 270 g/mol. The average Bonchev–Trinajstić information content (AvgIpc) is 2.89. The van der Waals surface area contributed by atoms with Gasteiger partial charge in [0, 0.05) is 45.8 Å². The summed E-state index contributed by atoms with van der Waals surface area (Å²) in [5, 5.41) is 15.1. The summed E-state index contributed by atoms with van der Waals surface area (Å²) in [6.07, 6.45) is 1.32. The molecule has 0 aromatic heterocycles. The number of nitrogens with zero attached hydrogens (tertiary/aromatic N) is 2. The van der Waals surface area contributed by atoms with E-state index in [-0.39, 0.29) is 6.03 Å². The minimum absolute atomic E-state index is 0.250. The van der Waals surface area contributed by atoms with Gasteiger partial charge in [0.15, 0.2) is 0 Å². The smallest absolute Gasteiger partial charge is 0.326 e. The molecule has 0 spiro atoms. The molecule has 7 nitrogen and oxygen atoms in total. The molecule has 2 rings (SSSR count). The Morgan fingerprint density at radius 1 is 1.26 bits per heavy atom. The van der Waals surface area contributed by atoms with E-state index in [4.69, 9.17) is 5.11 Å². The number of urea groups is 1. The van der Waals surface area contributed by atoms with E-state index in [1.165, 1.54) is 4.90 Å². The highest BCUT2D eigenvalue weighted by molar-refractivity contribution is 5.83. The third-order valence-electron chi connectivity index (χ3n) is 3.71. The summed E-state index contributed by atoms with van der Waals surface area (Å²) in [7, 11) is 0. The lowest BCUT2D eigenvalue weighted by atomic mass is 10.2. The first-order valence-electron chi connectivity index (χ1n) is 6.89. The van der Waals surface area contributed by atoms with Crippen molar-refractivity contribution in [3.8, 4) is 0 Å². The van der Waals surface area contributed by atoms with Crippen molar-refractivity contribution in [3.63, 3.8) is 0 Å². The van der Waals surface area contributed by atoms with Crippen LogP contribution in [0.4, 0.5) is 4.79 Å². The van der Waals surface area contributed by atoms with E-state index in [0.717, 1.165) is 39.1 Å². The Morgan fingerprint density at radius 3 is 2.68 bits per heavy atom. The largest absolute Gasteiger partial charge is 0.480 e. The van der Waals surface area contributed by atoms with Crippen LogP contribution in [0, 0.1) is 0 Å². The number of carbonyl (C=O) groups is 2. The second-order valence-corrected chi connectivity index (χ2v) is 5.01. The first kappa shape index (κ1) is 14.1. The number of carbonyl (C=O) groups excluding carboxylic acids is 1. The predicted molar refractivity (Wildman–Crippen MR) is 70.1 cm³/mol. The number of aliphatic carboxylic acids is 1. The van der Waals surface area contributed by atoms with Crippen LogP contribution in [0.3, 0.4) is 0 Å². The number of piperazine rings is 1. The lowest BCUT2D eigenvalue weighted by Gasteiger charge is -2.28. The Kier molecular flexibility index (Phi) is 4.98. The molecule has 2 saturated heterocycles. The molecule has 3 N–H and O–H groups in total. The zero-order valence-electron chi connectivity index (χ0n) is 11.1. The van der Waals surface area contributed by atoms with Gasteiger partial charge in [-0.1, -0.05) is 0 Å². The topological polar surface area (TPSA) is 84.9 Å². The highest BCUT2D eigenvalue weighted by atomic mass is 16.4. The predicted octanol–water partition coefficient (Wildman–Crippen LogP) is -0.850. The Morgan fingerprint density at radius 2 is 2.00 bits per heavy atom. The van der Waals surface area contributed by atoms with E-state index in [9.17, 15) is 9.59 Å². The lowest BCUT2D eigenvalue weighted by Crippen LogP contribution is -2.49. The summed E-state index contributed by atoms with van der Waals surface area (Å²) in [6.45, 7) is 5.90.